The predicted octanol–water partition coefficient (Wildman–Crippen LogP) is 3.98. The number of benzene rings is 2. The molecule has 0 fully saturated rings. The van der Waals surface area contributed by atoms with Crippen molar-refractivity contribution in [2.45, 2.75) is 13.8 Å². The third kappa shape index (κ3) is 1.94. The van der Waals surface area contributed by atoms with Gasteiger partial charge in [-0.1, -0.05) is 42.0 Å². The van der Waals surface area contributed by atoms with E-state index >= 15 is 0 Å². The first-order chi connectivity index (χ1) is 7.72. The van der Waals surface area contributed by atoms with Crippen LogP contribution in [-0.4, -0.2) is 7.11 Å². The van der Waals surface area contributed by atoms with Gasteiger partial charge >= 0.3 is 0 Å². The summed E-state index contributed by atoms with van der Waals surface area (Å²) in [5.41, 5.74) is 4.94. The fourth-order valence-corrected chi connectivity index (χ4v) is 1.88. The van der Waals surface area contributed by atoms with Crippen LogP contribution in [0.3, 0.4) is 0 Å². The lowest BCUT2D eigenvalue weighted by molar-refractivity contribution is 0.412. The summed E-state index contributed by atoms with van der Waals surface area (Å²) in [4.78, 5) is 0. The van der Waals surface area contributed by atoms with Crippen LogP contribution < -0.4 is 4.74 Å². The van der Waals surface area contributed by atoms with E-state index in [1.165, 1.54) is 22.3 Å². The van der Waals surface area contributed by atoms with Crippen molar-refractivity contribution in [1.29, 1.82) is 0 Å². The molecule has 0 N–H and O–H groups in total. The van der Waals surface area contributed by atoms with Gasteiger partial charge in [0.2, 0.25) is 0 Å². The van der Waals surface area contributed by atoms with E-state index < -0.39 is 0 Å². The standard InChI is InChI=1S/C15H16O/c1-11-7-9-13(10-8-11)14-5-4-6-15(16-3)12(14)2/h4-10H,1-3H3. The van der Waals surface area contributed by atoms with Crippen molar-refractivity contribution in [3.63, 3.8) is 0 Å². The highest BCUT2D eigenvalue weighted by molar-refractivity contribution is 5.69. The Hall–Kier alpha value is -1.76. The maximum atomic E-state index is 5.33. The molecule has 0 heterocycles. The highest BCUT2D eigenvalue weighted by Crippen LogP contribution is 2.29. The summed E-state index contributed by atoms with van der Waals surface area (Å²) in [5.74, 6) is 0.943. The SMILES string of the molecule is COc1cccc(-c2ccc(C)cc2)c1C. The lowest BCUT2D eigenvalue weighted by atomic mass is 9.99. The molecule has 1 nitrogen and oxygen atoms in total. The van der Waals surface area contributed by atoms with Gasteiger partial charge in [0.05, 0.1) is 7.11 Å². The fourth-order valence-electron chi connectivity index (χ4n) is 1.88. The molecule has 0 aliphatic rings. The second-order valence-electron chi connectivity index (χ2n) is 4.00. The van der Waals surface area contributed by atoms with Crippen LogP contribution in [0.25, 0.3) is 11.1 Å². The summed E-state index contributed by atoms with van der Waals surface area (Å²) in [7, 11) is 1.71. The van der Waals surface area contributed by atoms with Gasteiger partial charge in [0, 0.05) is 0 Å². The molecular weight excluding hydrogens is 196 g/mol. The van der Waals surface area contributed by atoms with E-state index in [1.807, 2.05) is 12.1 Å². The van der Waals surface area contributed by atoms with Crippen LogP contribution in [0.2, 0.25) is 0 Å². The Morgan fingerprint density at radius 2 is 1.56 bits per heavy atom. The molecule has 1 heteroatoms. The average Bonchev–Trinajstić information content (AvgIpc) is 2.31. The molecule has 0 amide bonds. The van der Waals surface area contributed by atoms with Gasteiger partial charge in [-0.25, -0.2) is 0 Å². The number of hydrogen-bond donors (Lipinski definition) is 0. The van der Waals surface area contributed by atoms with Gasteiger partial charge in [-0.3, -0.25) is 0 Å². The van der Waals surface area contributed by atoms with E-state index in [4.69, 9.17) is 4.74 Å². The molecule has 2 aromatic carbocycles. The zero-order chi connectivity index (χ0) is 11.5. The van der Waals surface area contributed by atoms with Crippen LogP contribution in [0, 0.1) is 13.8 Å². The monoisotopic (exact) mass is 212 g/mol. The quantitative estimate of drug-likeness (QED) is 0.731. The van der Waals surface area contributed by atoms with Crippen molar-refractivity contribution in [3.05, 3.63) is 53.6 Å². The van der Waals surface area contributed by atoms with Crippen molar-refractivity contribution in [2.24, 2.45) is 0 Å². The van der Waals surface area contributed by atoms with E-state index in [2.05, 4.69) is 44.2 Å². The third-order valence-electron chi connectivity index (χ3n) is 2.87. The lowest BCUT2D eigenvalue weighted by Gasteiger charge is -2.10. The maximum Gasteiger partial charge on any atom is 0.122 e. The molecular formula is C15H16O. The summed E-state index contributed by atoms with van der Waals surface area (Å²) >= 11 is 0. The molecule has 0 spiro atoms. The molecule has 0 radical (unpaired) electrons. The van der Waals surface area contributed by atoms with Crippen LogP contribution in [0.4, 0.5) is 0 Å². The molecule has 82 valence electrons. The molecule has 0 saturated heterocycles. The van der Waals surface area contributed by atoms with E-state index in [1.54, 1.807) is 7.11 Å². The molecule has 0 atom stereocenters. The smallest absolute Gasteiger partial charge is 0.122 e. The predicted molar refractivity (Wildman–Crippen MR) is 67.9 cm³/mol. The minimum absolute atomic E-state index is 0.943. The normalized spacial score (nSPS) is 10.2. The molecule has 16 heavy (non-hydrogen) atoms. The number of ether oxygens (including phenoxy) is 1. The molecule has 2 aromatic rings. The van der Waals surface area contributed by atoms with E-state index in [9.17, 15) is 0 Å². The van der Waals surface area contributed by atoms with Gasteiger partial charge in [0.25, 0.3) is 0 Å². The maximum absolute atomic E-state index is 5.33. The van der Waals surface area contributed by atoms with E-state index in [0.29, 0.717) is 0 Å². The molecule has 0 aliphatic carbocycles. The van der Waals surface area contributed by atoms with Gasteiger partial charge in [-0.05, 0) is 36.6 Å². The molecule has 0 saturated carbocycles. The highest BCUT2D eigenvalue weighted by atomic mass is 16.5. The zero-order valence-electron chi connectivity index (χ0n) is 9.95. The summed E-state index contributed by atoms with van der Waals surface area (Å²) in [6.45, 7) is 4.19. The Kier molecular flexibility index (Phi) is 2.95. The Morgan fingerprint density at radius 1 is 0.875 bits per heavy atom. The zero-order valence-corrected chi connectivity index (χ0v) is 9.95. The summed E-state index contributed by atoms with van der Waals surface area (Å²) < 4.78 is 5.33. The first-order valence-corrected chi connectivity index (χ1v) is 5.43. The van der Waals surface area contributed by atoms with Crippen LogP contribution in [0.5, 0.6) is 5.75 Å². The molecule has 0 bridgehead atoms. The van der Waals surface area contributed by atoms with Crippen molar-refractivity contribution in [3.8, 4) is 16.9 Å². The number of rotatable bonds is 2. The van der Waals surface area contributed by atoms with Crippen molar-refractivity contribution >= 4 is 0 Å². The average molecular weight is 212 g/mol. The van der Waals surface area contributed by atoms with Gasteiger partial charge in [-0.2, -0.15) is 0 Å². The number of methoxy groups -OCH3 is 1. The van der Waals surface area contributed by atoms with Crippen molar-refractivity contribution < 1.29 is 4.74 Å². The molecule has 0 aliphatic heterocycles. The first-order valence-electron chi connectivity index (χ1n) is 5.43. The van der Waals surface area contributed by atoms with Crippen molar-refractivity contribution in [1.82, 2.24) is 0 Å². The van der Waals surface area contributed by atoms with Crippen LogP contribution in [0.15, 0.2) is 42.5 Å². The largest absolute Gasteiger partial charge is 0.496 e. The second kappa shape index (κ2) is 4.40. The minimum atomic E-state index is 0.943. The highest BCUT2D eigenvalue weighted by Gasteiger charge is 2.05. The number of aryl methyl sites for hydroxylation is 1. The van der Waals surface area contributed by atoms with E-state index in [-0.39, 0.29) is 0 Å². The topological polar surface area (TPSA) is 9.23 Å². The summed E-state index contributed by atoms with van der Waals surface area (Å²) in [5, 5.41) is 0. The second-order valence-corrected chi connectivity index (χ2v) is 4.00. The van der Waals surface area contributed by atoms with Crippen LogP contribution >= 0.6 is 0 Å². The summed E-state index contributed by atoms with van der Waals surface area (Å²) in [6, 6.07) is 14.7. The molecule has 0 unspecified atom stereocenters. The van der Waals surface area contributed by atoms with Crippen LogP contribution in [-0.2, 0) is 0 Å². The first kappa shape index (κ1) is 10.7. The number of hydrogen-bond acceptors (Lipinski definition) is 1. The molecule has 2 rings (SSSR count). The fraction of sp³-hybridized carbons (Fsp3) is 0.200. The van der Waals surface area contributed by atoms with Crippen molar-refractivity contribution in [2.75, 3.05) is 7.11 Å². The van der Waals surface area contributed by atoms with Gasteiger partial charge in [0.15, 0.2) is 0 Å². The Balaban J connectivity index is 2.51. The van der Waals surface area contributed by atoms with Crippen LogP contribution in [0.1, 0.15) is 11.1 Å². The van der Waals surface area contributed by atoms with Gasteiger partial charge in [-0.15, -0.1) is 0 Å². The third-order valence-corrected chi connectivity index (χ3v) is 2.87. The summed E-state index contributed by atoms with van der Waals surface area (Å²) in [6.07, 6.45) is 0. The Morgan fingerprint density at radius 3 is 2.19 bits per heavy atom. The minimum Gasteiger partial charge on any atom is -0.496 e. The molecule has 0 aromatic heterocycles. The Labute approximate surface area is 96.7 Å². The van der Waals surface area contributed by atoms with E-state index in [0.717, 1.165) is 5.75 Å². The lowest BCUT2D eigenvalue weighted by Crippen LogP contribution is -1.90. The Bertz CT molecular complexity index is 483. The van der Waals surface area contributed by atoms with Gasteiger partial charge in [0.1, 0.15) is 5.75 Å². The van der Waals surface area contributed by atoms with Gasteiger partial charge < -0.3 is 4.74 Å².